The molecule has 1 aromatic heterocycles. The van der Waals surface area contributed by atoms with Crippen LogP contribution < -0.4 is 10.5 Å². The highest BCUT2D eigenvalue weighted by molar-refractivity contribution is 7.89. The number of rotatable bonds is 3. The molecular formula is C13H14N2O3S2. The molecule has 2 aromatic rings. The van der Waals surface area contributed by atoms with E-state index in [0.29, 0.717) is 11.3 Å². The first kappa shape index (κ1) is 14.7. The van der Waals surface area contributed by atoms with E-state index in [2.05, 4.69) is 5.32 Å². The number of hydrogen-bond acceptors (Lipinski definition) is 4. The van der Waals surface area contributed by atoms with E-state index >= 15 is 0 Å². The number of carbonyl (C=O) groups is 1. The van der Waals surface area contributed by atoms with Gasteiger partial charge in [-0.25, -0.2) is 13.6 Å². The van der Waals surface area contributed by atoms with Crippen LogP contribution >= 0.6 is 11.3 Å². The zero-order valence-electron chi connectivity index (χ0n) is 11.0. The standard InChI is InChI=1S/C13H14N2O3S2/c1-8-5-11(20(14,17)18)6-12(9(8)2)15-13(16)10-3-4-19-7-10/h3-7H,1-2H3,(H,15,16)(H2,14,17,18). The summed E-state index contributed by atoms with van der Waals surface area (Å²) in [7, 11) is -3.80. The number of amides is 1. The molecule has 106 valence electrons. The molecule has 3 N–H and O–H groups in total. The average molecular weight is 310 g/mol. The number of primary sulfonamides is 1. The van der Waals surface area contributed by atoms with Gasteiger partial charge in [0.2, 0.25) is 10.0 Å². The molecule has 7 heteroatoms. The minimum Gasteiger partial charge on any atom is -0.322 e. The van der Waals surface area contributed by atoms with Gasteiger partial charge >= 0.3 is 0 Å². The van der Waals surface area contributed by atoms with Crippen molar-refractivity contribution in [3.8, 4) is 0 Å². The average Bonchev–Trinajstić information content (AvgIpc) is 2.87. The number of anilines is 1. The Labute approximate surface area is 121 Å². The Morgan fingerprint density at radius 3 is 2.55 bits per heavy atom. The Hall–Kier alpha value is -1.70. The third-order valence-electron chi connectivity index (χ3n) is 3.00. The monoisotopic (exact) mass is 310 g/mol. The second-order valence-corrected chi connectivity index (χ2v) is 6.77. The van der Waals surface area contributed by atoms with Crippen LogP contribution in [0.3, 0.4) is 0 Å². The molecule has 0 aliphatic carbocycles. The molecule has 0 radical (unpaired) electrons. The zero-order chi connectivity index (χ0) is 14.9. The SMILES string of the molecule is Cc1cc(S(N)(=O)=O)cc(NC(=O)c2ccsc2)c1C. The van der Waals surface area contributed by atoms with E-state index in [-0.39, 0.29) is 10.8 Å². The molecule has 0 aliphatic rings. The van der Waals surface area contributed by atoms with E-state index in [0.717, 1.165) is 11.1 Å². The van der Waals surface area contributed by atoms with Crippen LogP contribution in [0.25, 0.3) is 0 Å². The van der Waals surface area contributed by atoms with Crippen molar-refractivity contribution in [3.05, 3.63) is 45.6 Å². The van der Waals surface area contributed by atoms with Gasteiger partial charge in [0.1, 0.15) is 0 Å². The highest BCUT2D eigenvalue weighted by atomic mass is 32.2. The Kier molecular flexibility index (Phi) is 3.94. The maximum Gasteiger partial charge on any atom is 0.256 e. The first-order valence-corrected chi connectivity index (χ1v) is 8.25. The molecule has 0 atom stereocenters. The lowest BCUT2D eigenvalue weighted by atomic mass is 10.1. The summed E-state index contributed by atoms with van der Waals surface area (Å²) in [6.07, 6.45) is 0. The van der Waals surface area contributed by atoms with Crippen LogP contribution in [-0.4, -0.2) is 14.3 Å². The molecule has 0 fully saturated rings. The zero-order valence-corrected chi connectivity index (χ0v) is 12.6. The van der Waals surface area contributed by atoms with Crippen LogP contribution in [0.1, 0.15) is 21.5 Å². The molecule has 0 saturated carbocycles. The molecule has 5 nitrogen and oxygen atoms in total. The van der Waals surface area contributed by atoms with E-state index < -0.39 is 10.0 Å². The maximum absolute atomic E-state index is 12.0. The first-order chi connectivity index (χ1) is 9.29. The molecule has 1 amide bonds. The minimum atomic E-state index is -3.80. The third kappa shape index (κ3) is 3.06. The summed E-state index contributed by atoms with van der Waals surface area (Å²) < 4.78 is 22.9. The number of thiophene rings is 1. The van der Waals surface area contributed by atoms with Gasteiger partial charge in [-0.1, -0.05) is 0 Å². The first-order valence-electron chi connectivity index (χ1n) is 5.76. The van der Waals surface area contributed by atoms with Gasteiger partial charge in [0, 0.05) is 11.1 Å². The summed E-state index contributed by atoms with van der Waals surface area (Å²) >= 11 is 1.42. The number of nitrogens with two attached hydrogens (primary N) is 1. The third-order valence-corrected chi connectivity index (χ3v) is 4.58. The normalized spacial score (nSPS) is 11.3. The minimum absolute atomic E-state index is 0.0128. The summed E-state index contributed by atoms with van der Waals surface area (Å²) in [5.41, 5.74) is 2.54. The van der Waals surface area contributed by atoms with Gasteiger partial charge in [-0.15, -0.1) is 0 Å². The lowest BCUT2D eigenvalue weighted by molar-refractivity contribution is 0.102. The molecular weight excluding hydrogens is 296 g/mol. The molecule has 0 bridgehead atoms. The second kappa shape index (κ2) is 5.35. The molecule has 0 saturated heterocycles. The van der Waals surface area contributed by atoms with E-state index in [1.54, 1.807) is 23.8 Å². The van der Waals surface area contributed by atoms with E-state index in [1.807, 2.05) is 6.92 Å². The maximum atomic E-state index is 12.0. The Bertz CT molecular complexity index is 750. The lowest BCUT2D eigenvalue weighted by Gasteiger charge is -2.12. The Balaban J connectivity index is 2.41. The fourth-order valence-corrected chi connectivity index (χ4v) is 2.97. The number of hydrogen-bond donors (Lipinski definition) is 2. The van der Waals surface area contributed by atoms with Crippen molar-refractivity contribution >= 4 is 33.0 Å². The fourth-order valence-electron chi connectivity index (χ4n) is 1.71. The molecule has 0 unspecified atom stereocenters. The van der Waals surface area contributed by atoms with Crippen LogP contribution in [0, 0.1) is 13.8 Å². The second-order valence-electron chi connectivity index (χ2n) is 4.42. The lowest BCUT2D eigenvalue weighted by Crippen LogP contribution is -2.16. The summed E-state index contributed by atoms with van der Waals surface area (Å²) in [6.45, 7) is 3.58. The van der Waals surface area contributed by atoms with Gasteiger partial charge in [-0.2, -0.15) is 11.3 Å². The largest absolute Gasteiger partial charge is 0.322 e. The fraction of sp³-hybridized carbons (Fsp3) is 0.154. The number of aryl methyl sites for hydroxylation is 1. The van der Waals surface area contributed by atoms with Crippen LogP contribution in [0.2, 0.25) is 0 Å². The Morgan fingerprint density at radius 1 is 1.30 bits per heavy atom. The molecule has 20 heavy (non-hydrogen) atoms. The number of benzene rings is 1. The van der Waals surface area contributed by atoms with Gasteiger partial charge in [0.05, 0.1) is 10.5 Å². The van der Waals surface area contributed by atoms with Crippen LogP contribution in [0.5, 0.6) is 0 Å². The predicted octanol–water partition coefficient (Wildman–Crippen LogP) is 2.26. The number of sulfonamides is 1. The Morgan fingerprint density at radius 2 is 2.00 bits per heavy atom. The van der Waals surface area contributed by atoms with Crippen LogP contribution in [-0.2, 0) is 10.0 Å². The van der Waals surface area contributed by atoms with Gasteiger partial charge < -0.3 is 5.32 Å². The van der Waals surface area contributed by atoms with E-state index in [4.69, 9.17) is 5.14 Å². The summed E-state index contributed by atoms with van der Waals surface area (Å²) in [6, 6.07) is 4.57. The smallest absolute Gasteiger partial charge is 0.256 e. The van der Waals surface area contributed by atoms with Gasteiger partial charge in [-0.3, -0.25) is 4.79 Å². The summed E-state index contributed by atoms with van der Waals surface area (Å²) in [4.78, 5) is 12.0. The molecule has 0 spiro atoms. The highest BCUT2D eigenvalue weighted by Gasteiger charge is 2.15. The molecule has 1 aromatic carbocycles. The number of carbonyl (C=O) groups excluding carboxylic acids is 1. The summed E-state index contributed by atoms with van der Waals surface area (Å²) in [5, 5.41) is 11.4. The van der Waals surface area contributed by atoms with Crippen molar-refractivity contribution < 1.29 is 13.2 Å². The van der Waals surface area contributed by atoms with E-state index in [9.17, 15) is 13.2 Å². The van der Waals surface area contributed by atoms with Crippen LogP contribution in [0.15, 0.2) is 33.9 Å². The van der Waals surface area contributed by atoms with E-state index in [1.165, 1.54) is 23.5 Å². The molecule has 1 heterocycles. The quantitative estimate of drug-likeness (QED) is 0.911. The van der Waals surface area contributed by atoms with Crippen molar-refractivity contribution in [2.45, 2.75) is 18.7 Å². The summed E-state index contributed by atoms with van der Waals surface area (Å²) in [5.74, 6) is -0.277. The number of nitrogens with one attached hydrogen (secondary N) is 1. The van der Waals surface area contributed by atoms with Gasteiger partial charge in [0.25, 0.3) is 5.91 Å². The molecule has 0 aliphatic heterocycles. The van der Waals surface area contributed by atoms with Gasteiger partial charge in [-0.05, 0) is 48.6 Å². The van der Waals surface area contributed by atoms with Gasteiger partial charge in [0.15, 0.2) is 0 Å². The van der Waals surface area contributed by atoms with Crippen molar-refractivity contribution in [1.29, 1.82) is 0 Å². The highest BCUT2D eigenvalue weighted by Crippen LogP contribution is 2.24. The van der Waals surface area contributed by atoms with Crippen LogP contribution in [0.4, 0.5) is 5.69 Å². The topological polar surface area (TPSA) is 89.3 Å². The van der Waals surface area contributed by atoms with Crippen molar-refractivity contribution in [2.75, 3.05) is 5.32 Å². The predicted molar refractivity (Wildman–Crippen MR) is 79.6 cm³/mol. The van der Waals surface area contributed by atoms with Crippen molar-refractivity contribution in [2.24, 2.45) is 5.14 Å². The molecule has 2 rings (SSSR count). The van der Waals surface area contributed by atoms with Crippen molar-refractivity contribution in [3.63, 3.8) is 0 Å². The van der Waals surface area contributed by atoms with Crippen molar-refractivity contribution in [1.82, 2.24) is 0 Å².